The number of carbonyl (C=O) groups is 6. The molecular weight excluding hydrogens is 780 g/mol. The maximum absolute atomic E-state index is 14.1. The Morgan fingerprint density at radius 3 is 1.34 bits per heavy atom. The van der Waals surface area contributed by atoms with Crippen molar-refractivity contribution < 1.29 is 71.1 Å². The number of halogens is 2. The fourth-order valence-electron chi connectivity index (χ4n) is 4.81. The number of carbonyl (C=O) groups excluding carboxylic acids is 5. The predicted octanol–water partition coefficient (Wildman–Crippen LogP) is 5.58. The molecule has 0 aromatic heterocycles. The summed E-state index contributed by atoms with van der Waals surface area (Å²) in [6.45, 7) is 13.4. The van der Waals surface area contributed by atoms with Gasteiger partial charge in [-0.3, -0.25) is 19.3 Å². The summed E-state index contributed by atoms with van der Waals surface area (Å²) in [4.78, 5) is 72.9. The van der Waals surface area contributed by atoms with E-state index in [0.29, 0.717) is 11.1 Å². The Morgan fingerprint density at radius 2 is 1.05 bits per heavy atom. The number of hydrogen-bond donors (Lipinski definition) is 2. The fourth-order valence-corrected chi connectivity index (χ4v) is 4.81. The highest BCUT2D eigenvalue weighted by molar-refractivity contribution is 5.90. The summed E-state index contributed by atoms with van der Waals surface area (Å²) in [6, 6.07) is 5.89. The average molecular weight is 842 g/mol. The van der Waals surface area contributed by atoms with E-state index in [1.54, 1.807) is 67.5 Å². The Labute approximate surface area is 345 Å². The van der Waals surface area contributed by atoms with Gasteiger partial charge in [0.25, 0.3) is 0 Å². The molecule has 0 spiro atoms. The summed E-state index contributed by atoms with van der Waals surface area (Å²) in [5, 5.41) is 9.35. The smallest absolute Gasteiger partial charge is 0.410 e. The van der Waals surface area contributed by atoms with Gasteiger partial charge in [-0.1, -0.05) is 19.1 Å². The first-order valence-corrected chi connectivity index (χ1v) is 18.4. The average Bonchev–Trinajstić information content (AvgIpc) is 3.13. The zero-order valence-corrected chi connectivity index (χ0v) is 36.5. The molecule has 0 aliphatic heterocycles. The van der Waals surface area contributed by atoms with Crippen molar-refractivity contribution >= 4 is 35.9 Å². The van der Waals surface area contributed by atoms with Crippen molar-refractivity contribution in [2.24, 2.45) is 11.7 Å². The molecule has 0 aliphatic rings. The number of ketones is 1. The minimum atomic E-state index is -1.20. The maximum Gasteiger partial charge on any atom is 0.410 e. The first kappa shape index (κ1) is 53.5. The normalized spacial score (nSPS) is 12.9. The van der Waals surface area contributed by atoms with Crippen LogP contribution in [0.15, 0.2) is 36.4 Å². The van der Waals surface area contributed by atoms with Crippen LogP contribution in [0.2, 0.25) is 0 Å². The first-order chi connectivity index (χ1) is 27.1. The van der Waals surface area contributed by atoms with E-state index < -0.39 is 71.0 Å². The SMILES string of the molecule is COC(=O)[C@H](C)CC(=O)[C@H](Cc1ccc(OC)c(F)c1)N(C)C(=O)OC(C)(C)C.COC(=O)[C@H](C)N.COc1ccc(C[C@@H](C(=O)O)N(C)C(=O)OC(C)(C)C)cc1F. The number of Topliss-reactive ketones (excluding diaryl/α,β-unsaturated/α-hetero) is 1. The zero-order valence-electron chi connectivity index (χ0n) is 36.5. The number of esters is 2. The summed E-state index contributed by atoms with van der Waals surface area (Å²) in [7, 11) is 8.04. The molecule has 0 aliphatic carbocycles. The van der Waals surface area contributed by atoms with Crippen molar-refractivity contribution in [1.82, 2.24) is 9.80 Å². The Morgan fingerprint density at radius 1 is 0.678 bits per heavy atom. The number of nitrogens with two attached hydrogens (primary N) is 1. The molecule has 2 aromatic rings. The van der Waals surface area contributed by atoms with Gasteiger partial charge in [-0.05, 0) is 83.9 Å². The molecular formula is C41H61F2N3O13. The van der Waals surface area contributed by atoms with Gasteiger partial charge >= 0.3 is 30.1 Å². The van der Waals surface area contributed by atoms with E-state index in [0.717, 1.165) is 4.90 Å². The van der Waals surface area contributed by atoms with Gasteiger partial charge in [-0.15, -0.1) is 0 Å². The van der Waals surface area contributed by atoms with Crippen molar-refractivity contribution in [3.63, 3.8) is 0 Å². The molecule has 0 fully saturated rings. The van der Waals surface area contributed by atoms with Gasteiger partial charge in [-0.25, -0.2) is 23.2 Å². The van der Waals surface area contributed by atoms with E-state index in [-0.39, 0.29) is 42.5 Å². The van der Waals surface area contributed by atoms with Crippen LogP contribution < -0.4 is 15.2 Å². The molecule has 3 N–H and O–H groups in total. The van der Waals surface area contributed by atoms with Crippen LogP contribution in [0.25, 0.3) is 0 Å². The number of benzene rings is 2. The van der Waals surface area contributed by atoms with Crippen LogP contribution in [0.3, 0.4) is 0 Å². The monoisotopic (exact) mass is 841 g/mol. The summed E-state index contributed by atoms with van der Waals surface area (Å²) >= 11 is 0. The van der Waals surface area contributed by atoms with Crippen molar-refractivity contribution in [1.29, 1.82) is 0 Å². The highest BCUT2D eigenvalue weighted by Gasteiger charge is 2.33. The second kappa shape index (κ2) is 24.4. The standard InChI is InChI=1S/C21H30FNO6.C16H22FNO5.C4H9NO2/c1-13(19(25)28-7)10-17(24)16(23(5)20(26)29-21(2,3)4)12-14-8-9-18(27-6)15(22)11-14;1-16(2,3)23-15(21)18(4)12(14(19)20)9-10-6-7-13(22-5)11(17)8-10;1-3(5)4(6)7-2/h8-9,11,13,16H,10,12H2,1-7H3;6-8,12H,9H2,1-5H3,(H,19,20);3H,5H2,1-2H3/t13-,16+;12-;3-/m100/s1. The number of carboxylic acid groups (broad SMARTS) is 1. The third-order valence-corrected chi connectivity index (χ3v) is 7.93. The van der Waals surface area contributed by atoms with Crippen LogP contribution in [0.5, 0.6) is 11.5 Å². The Bertz CT molecular complexity index is 1720. The second-order valence-electron chi connectivity index (χ2n) is 15.3. The highest BCUT2D eigenvalue weighted by Crippen LogP contribution is 2.23. The van der Waals surface area contributed by atoms with Gasteiger partial charge in [0.1, 0.15) is 23.3 Å². The van der Waals surface area contributed by atoms with E-state index in [1.807, 2.05) is 0 Å². The minimum absolute atomic E-state index is 0.0496. The van der Waals surface area contributed by atoms with Crippen molar-refractivity contribution in [2.45, 2.75) is 104 Å². The van der Waals surface area contributed by atoms with Crippen LogP contribution in [-0.2, 0) is 51.0 Å². The third kappa shape index (κ3) is 19.7. The topological polar surface area (TPSA) is 211 Å². The molecule has 18 heteroatoms. The molecule has 332 valence electrons. The highest BCUT2D eigenvalue weighted by atomic mass is 19.1. The summed E-state index contributed by atoms with van der Waals surface area (Å²) in [5.41, 5.74) is 4.53. The van der Waals surface area contributed by atoms with Crippen LogP contribution in [0, 0.1) is 17.6 Å². The van der Waals surface area contributed by atoms with Crippen LogP contribution in [0.4, 0.5) is 18.4 Å². The Kier molecular flexibility index (Phi) is 22.1. The lowest BCUT2D eigenvalue weighted by atomic mass is 9.94. The first-order valence-electron chi connectivity index (χ1n) is 18.4. The summed E-state index contributed by atoms with van der Waals surface area (Å²) in [6.07, 6.45) is -1.55. The number of carboxylic acids is 1. The molecule has 0 saturated carbocycles. The molecule has 4 atom stereocenters. The molecule has 2 amide bonds. The molecule has 16 nitrogen and oxygen atoms in total. The van der Waals surface area contributed by atoms with Gasteiger partial charge < -0.3 is 44.2 Å². The Balaban J connectivity index is 0.000000998. The lowest BCUT2D eigenvalue weighted by Crippen LogP contribution is -2.46. The van der Waals surface area contributed by atoms with Gasteiger partial charge in [-0.2, -0.15) is 0 Å². The number of methoxy groups -OCH3 is 4. The largest absolute Gasteiger partial charge is 0.494 e. The van der Waals surface area contributed by atoms with E-state index in [2.05, 4.69) is 9.47 Å². The quantitative estimate of drug-likeness (QED) is 0.176. The lowest BCUT2D eigenvalue weighted by Gasteiger charge is -2.30. The predicted molar refractivity (Wildman–Crippen MR) is 213 cm³/mol. The van der Waals surface area contributed by atoms with Crippen molar-refractivity contribution in [3.8, 4) is 11.5 Å². The fraction of sp³-hybridized carbons (Fsp3) is 0.561. The molecule has 2 aromatic carbocycles. The minimum Gasteiger partial charge on any atom is -0.494 e. The number of aliphatic carboxylic acids is 1. The zero-order chi connectivity index (χ0) is 46.0. The molecule has 0 unspecified atom stereocenters. The lowest BCUT2D eigenvalue weighted by molar-refractivity contribution is -0.147. The third-order valence-electron chi connectivity index (χ3n) is 7.93. The number of rotatable bonds is 14. The van der Waals surface area contributed by atoms with Crippen molar-refractivity contribution in [3.05, 3.63) is 59.2 Å². The van der Waals surface area contributed by atoms with E-state index in [9.17, 15) is 42.7 Å². The Hall–Kier alpha value is -5.52. The van der Waals surface area contributed by atoms with E-state index >= 15 is 0 Å². The van der Waals surface area contributed by atoms with Crippen molar-refractivity contribution in [2.75, 3.05) is 42.5 Å². The van der Waals surface area contributed by atoms with Crippen LogP contribution in [-0.4, -0.2) is 123 Å². The summed E-state index contributed by atoms with van der Waals surface area (Å²) < 4.78 is 56.9. The van der Waals surface area contributed by atoms with Gasteiger partial charge in [0.15, 0.2) is 28.9 Å². The van der Waals surface area contributed by atoms with E-state index in [1.165, 1.54) is 71.7 Å². The molecule has 59 heavy (non-hydrogen) atoms. The molecule has 0 saturated heterocycles. The number of ether oxygens (including phenoxy) is 6. The molecule has 0 bridgehead atoms. The number of likely N-dealkylation sites (N-methyl/N-ethyl adjacent to an activating group) is 2. The van der Waals surface area contributed by atoms with Gasteiger partial charge in [0.05, 0.1) is 40.4 Å². The molecule has 0 heterocycles. The number of hydrogen-bond acceptors (Lipinski definition) is 13. The second-order valence-corrected chi connectivity index (χ2v) is 15.3. The summed E-state index contributed by atoms with van der Waals surface area (Å²) in [5.74, 6) is -4.13. The molecule has 2 rings (SSSR count). The van der Waals surface area contributed by atoms with Crippen LogP contribution >= 0.6 is 0 Å². The maximum atomic E-state index is 14.1. The number of nitrogens with zero attached hydrogens (tertiary/aromatic N) is 2. The number of amides is 2. The molecule has 0 radical (unpaired) electrons. The van der Waals surface area contributed by atoms with Gasteiger partial charge in [0, 0.05) is 33.4 Å². The van der Waals surface area contributed by atoms with E-state index in [4.69, 9.17) is 24.7 Å². The van der Waals surface area contributed by atoms with Crippen LogP contribution in [0.1, 0.15) is 72.9 Å². The van der Waals surface area contributed by atoms with Gasteiger partial charge in [0.2, 0.25) is 0 Å².